The van der Waals surface area contributed by atoms with E-state index in [1.807, 2.05) is 85.8 Å². The second-order valence-electron chi connectivity index (χ2n) is 8.44. The fraction of sp³-hybridized carbons (Fsp3) is 0.179. The average molecular weight is 473 g/mol. The molecular weight excluding hydrogens is 444 g/mol. The van der Waals surface area contributed by atoms with Crippen LogP contribution in [0, 0.1) is 13.8 Å². The summed E-state index contributed by atoms with van der Waals surface area (Å²) in [6.45, 7) is 3.79. The maximum absolute atomic E-state index is 13.6. The normalized spacial score (nSPS) is 11.6. The van der Waals surface area contributed by atoms with Crippen molar-refractivity contribution in [2.75, 3.05) is 6.54 Å². The summed E-state index contributed by atoms with van der Waals surface area (Å²) in [5.41, 5.74) is 3.31. The predicted octanol–water partition coefficient (Wildman–Crippen LogP) is 4.96. The number of benzene rings is 4. The van der Waals surface area contributed by atoms with Gasteiger partial charge in [0.05, 0.1) is 11.4 Å². The molecule has 0 aromatic heterocycles. The van der Waals surface area contributed by atoms with Crippen LogP contribution in [-0.4, -0.2) is 25.2 Å². The van der Waals surface area contributed by atoms with Crippen molar-refractivity contribution in [3.8, 4) is 0 Å². The smallest absolute Gasteiger partial charge is 0.244 e. The van der Waals surface area contributed by atoms with Crippen LogP contribution < -0.4 is 5.32 Å². The summed E-state index contributed by atoms with van der Waals surface area (Å²) >= 11 is 0. The van der Waals surface area contributed by atoms with E-state index in [-0.39, 0.29) is 23.9 Å². The van der Waals surface area contributed by atoms with E-state index in [0.717, 1.165) is 27.5 Å². The van der Waals surface area contributed by atoms with Crippen molar-refractivity contribution in [1.29, 1.82) is 0 Å². The van der Waals surface area contributed by atoms with Crippen LogP contribution in [0.15, 0.2) is 95.9 Å². The third-order valence-corrected chi connectivity index (χ3v) is 7.77. The molecule has 1 N–H and O–H groups in total. The zero-order valence-corrected chi connectivity index (χ0v) is 20.2. The SMILES string of the molecule is Cc1ccc(C)c(S(=O)(=O)N(CC(=O)NCc2cccc3ccccc23)Cc2ccccc2)c1. The van der Waals surface area contributed by atoms with Crippen LogP contribution in [0.1, 0.15) is 22.3 Å². The Hall–Kier alpha value is -3.48. The van der Waals surface area contributed by atoms with Crippen LogP contribution in [0.2, 0.25) is 0 Å². The van der Waals surface area contributed by atoms with E-state index in [2.05, 4.69) is 5.32 Å². The molecular formula is C28H28N2O3S. The van der Waals surface area contributed by atoms with Crippen LogP contribution in [0.5, 0.6) is 0 Å². The molecule has 0 bridgehead atoms. The minimum Gasteiger partial charge on any atom is -0.351 e. The summed E-state index contributed by atoms with van der Waals surface area (Å²) in [6.07, 6.45) is 0. The van der Waals surface area contributed by atoms with E-state index < -0.39 is 10.0 Å². The number of rotatable bonds is 8. The number of nitrogens with zero attached hydrogens (tertiary/aromatic N) is 1. The van der Waals surface area contributed by atoms with Crippen molar-refractivity contribution in [2.45, 2.75) is 31.8 Å². The van der Waals surface area contributed by atoms with Gasteiger partial charge in [-0.1, -0.05) is 84.9 Å². The molecule has 0 fully saturated rings. The molecule has 0 saturated carbocycles. The van der Waals surface area contributed by atoms with Crippen molar-refractivity contribution in [3.63, 3.8) is 0 Å². The molecule has 0 aliphatic rings. The van der Waals surface area contributed by atoms with Gasteiger partial charge >= 0.3 is 0 Å². The van der Waals surface area contributed by atoms with Crippen LogP contribution >= 0.6 is 0 Å². The van der Waals surface area contributed by atoms with Gasteiger partial charge in [0.1, 0.15) is 0 Å². The van der Waals surface area contributed by atoms with Gasteiger partial charge in [0.25, 0.3) is 0 Å². The van der Waals surface area contributed by atoms with E-state index in [1.165, 1.54) is 4.31 Å². The lowest BCUT2D eigenvalue weighted by atomic mass is 10.0. The number of hydrogen-bond donors (Lipinski definition) is 1. The largest absolute Gasteiger partial charge is 0.351 e. The summed E-state index contributed by atoms with van der Waals surface area (Å²) < 4.78 is 28.5. The van der Waals surface area contributed by atoms with Crippen molar-refractivity contribution < 1.29 is 13.2 Å². The first-order valence-corrected chi connectivity index (χ1v) is 12.6. The van der Waals surface area contributed by atoms with Gasteiger partial charge in [0, 0.05) is 13.1 Å². The predicted molar refractivity (Wildman–Crippen MR) is 136 cm³/mol. The number of carbonyl (C=O) groups excluding carboxylic acids is 1. The monoisotopic (exact) mass is 472 g/mol. The molecule has 34 heavy (non-hydrogen) atoms. The Bertz CT molecular complexity index is 1410. The summed E-state index contributed by atoms with van der Waals surface area (Å²) in [5, 5.41) is 5.07. The summed E-state index contributed by atoms with van der Waals surface area (Å²) in [7, 11) is -3.89. The van der Waals surface area contributed by atoms with Crippen molar-refractivity contribution >= 4 is 26.7 Å². The number of carbonyl (C=O) groups is 1. The molecule has 4 rings (SSSR count). The van der Waals surface area contributed by atoms with Gasteiger partial charge in [-0.15, -0.1) is 0 Å². The Morgan fingerprint density at radius 3 is 2.35 bits per heavy atom. The number of amides is 1. The first kappa shape index (κ1) is 23.7. The second-order valence-corrected chi connectivity index (χ2v) is 10.3. The van der Waals surface area contributed by atoms with E-state index in [1.54, 1.807) is 19.1 Å². The zero-order chi connectivity index (χ0) is 24.1. The van der Waals surface area contributed by atoms with Gasteiger partial charge in [-0.05, 0) is 52.9 Å². The molecule has 5 nitrogen and oxygen atoms in total. The van der Waals surface area contributed by atoms with Crippen molar-refractivity contribution in [3.05, 3.63) is 113 Å². The highest BCUT2D eigenvalue weighted by Gasteiger charge is 2.28. The first-order valence-electron chi connectivity index (χ1n) is 11.2. The maximum atomic E-state index is 13.6. The third kappa shape index (κ3) is 5.35. The fourth-order valence-electron chi connectivity index (χ4n) is 3.99. The molecule has 1 amide bonds. The summed E-state index contributed by atoms with van der Waals surface area (Å²) in [6, 6.07) is 28.6. The first-order chi connectivity index (χ1) is 16.3. The minimum atomic E-state index is -3.89. The molecule has 0 heterocycles. The summed E-state index contributed by atoms with van der Waals surface area (Å²) in [4.78, 5) is 13.2. The van der Waals surface area contributed by atoms with Crippen LogP contribution in [-0.2, 0) is 27.9 Å². The molecule has 0 spiro atoms. The average Bonchev–Trinajstić information content (AvgIpc) is 2.84. The van der Waals surface area contributed by atoms with Crippen LogP contribution in [0.3, 0.4) is 0 Å². The number of aryl methyl sites for hydroxylation is 2. The quantitative estimate of drug-likeness (QED) is 0.394. The second kappa shape index (κ2) is 10.2. The van der Waals surface area contributed by atoms with Gasteiger partial charge < -0.3 is 5.32 Å². The minimum absolute atomic E-state index is 0.109. The number of hydrogen-bond acceptors (Lipinski definition) is 3. The lowest BCUT2D eigenvalue weighted by Gasteiger charge is -2.23. The third-order valence-electron chi connectivity index (χ3n) is 5.84. The van der Waals surface area contributed by atoms with Gasteiger partial charge in [0.2, 0.25) is 15.9 Å². The summed E-state index contributed by atoms with van der Waals surface area (Å²) in [5.74, 6) is -0.349. The molecule has 4 aromatic carbocycles. The van der Waals surface area contributed by atoms with Gasteiger partial charge in [-0.25, -0.2) is 8.42 Å². The zero-order valence-electron chi connectivity index (χ0n) is 19.4. The number of sulfonamides is 1. The van der Waals surface area contributed by atoms with Crippen LogP contribution in [0.4, 0.5) is 0 Å². The maximum Gasteiger partial charge on any atom is 0.244 e. The topological polar surface area (TPSA) is 66.5 Å². The molecule has 0 aliphatic carbocycles. The molecule has 4 aromatic rings. The Balaban J connectivity index is 1.57. The van der Waals surface area contributed by atoms with Gasteiger partial charge in [0.15, 0.2) is 0 Å². The highest BCUT2D eigenvalue weighted by molar-refractivity contribution is 7.89. The van der Waals surface area contributed by atoms with E-state index >= 15 is 0 Å². The molecule has 0 radical (unpaired) electrons. The van der Waals surface area contributed by atoms with E-state index in [9.17, 15) is 13.2 Å². The van der Waals surface area contributed by atoms with Gasteiger partial charge in [-0.2, -0.15) is 4.31 Å². The Labute approximate surface area is 201 Å². The number of fused-ring (bicyclic) bond motifs is 1. The van der Waals surface area contributed by atoms with Crippen molar-refractivity contribution in [2.24, 2.45) is 0 Å². The van der Waals surface area contributed by atoms with Gasteiger partial charge in [-0.3, -0.25) is 4.79 Å². The van der Waals surface area contributed by atoms with Crippen LogP contribution in [0.25, 0.3) is 10.8 Å². The fourth-order valence-corrected chi connectivity index (χ4v) is 5.69. The molecule has 0 aliphatic heterocycles. The molecule has 0 saturated heterocycles. The lowest BCUT2D eigenvalue weighted by Crippen LogP contribution is -2.40. The van der Waals surface area contributed by atoms with E-state index in [4.69, 9.17) is 0 Å². The lowest BCUT2D eigenvalue weighted by molar-refractivity contribution is -0.121. The Morgan fingerprint density at radius 2 is 1.56 bits per heavy atom. The highest BCUT2D eigenvalue weighted by Crippen LogP contribution is 2.23. The molecule has 6 heteroatoms. The Morgan fingerprint density at radius 1 is 0.853 bits per heavy atom. The van der Waals surface area contributed by atoms with Crippen molar-refractivity contribution in [1.82, 2.24) is 9.62 Å². The Kier molecular flexibility index (Phi) is 7.10. The van der Waals surface area contributed by atoms with E-state index in [0.29, 0.717) is 12.1 Å². The molecule has 0 unspecified atom stereocenters. The number of nitrogens with one attached hydrogen (secondary N) is 1. The molecule has 0 atom stereocenters. The molecule has 174 valence electrons. The standard InChI is InChI=1S/C28H28N2O3S/c1-21-15-16-22(2)27(17-21)34(32,33)30(19-23-9-4-3-5-10-23)20-28(31)29-18-25-13-8-12-24-11-6-7-14-26(24)25/h3-17H,18-20H2,1-2H3,(H,29,31). The highest BCUT2D eigenvalue weighted by atomic mass is 32.2.